The monoisotopic (exact) mass is 283 g/mol. The van der Waals surface area contributed by atoms with Crippen molar-refractivity contribution in [1.29, 1.82) is 0 Å². The van der Waals surface area contributed by atoms with Crippen molar-refractivity contribution >= 4 is 11.6 Å². The average Bonchev–Trinajstić information content (AvgIpc) is 2.92. The smallest absolute Gasteiger partial charge is 0.251 e. The normalized spacial score (nSPS) is 13.1. The molecule has 3 rings (SSSR count). The van der Waals surface area contributed by atoms with Crippen molar-refractivity contribution in [1.82, 2.24) is 4.57 Å². The number of carbonyl (C=O) groups is 1. The first-order valence-corrected chi connectivity index (χ1v) is 6.96. The Morgan fingerprint density at radius 2 is 2.00 bits per heavy atom. The molecule has 1 aromatic heterocycles. The van der Waals surface area contributed by atoms with Gasteiger partial charge in [0.1, 0.15) is 0 Å². The molecule has 0 bridgehead atoms. The van der Waals surface area contributed by atoms with Crippen molar-refractivity contribution in [2.45, 2.75) is 25.8 Å². The maximum atomic E-state index is 12.1. The topological polar surface area (TPSA) is 91.1 Å². The lowest BCUT2D eigenvalue weighted by atomic mass is 10.1. The zero-order valence-electron chi connectivity index (χ0n) is 11.6. The number of nitrogens with two attached hydrogens (primary N) is 2. The van der Waals surface area contributed by atoms with Gasteiger partial charge in [0.05, 0.1) is 6.54 Å². The summed E-state index contributed by atoms with van der Waals surface area (Å²) in [5.41, 5.74) is 15.2. The predicted molar refractivity (Wildman–Crippen MR) is 81.2 cm³/mol. The van der Waals surface area contributed by atoms with E-state index in [1.807, 2.05) is 6.07 Å². The van der Waals surface area contributed by atoms with Gasteiger partial charge in [-0.2, -0.15) is 0 Å². The maximum absolute atomic E-state index is 12.1. The standard InChI is InChI=1S/C16H17N3O2/c17-13-8-11(16(18)21)4-5-12(13)9-19-14-3-1-2-10(14)6-7-15(19)20/h4-8H,1-3,9,17H2,(H2,18,21). The number of fused-ring (bicyclic) bond motifs is 1. The quantitative estimate of drug-likeness (QED) is 0.825. The van der Waals surface area contributed by atoms with E-state index < -0.39 is 5.91 Å². The van der Waals surface area contributed by atoms with Gasteiger partial charge in [-0.15, -0.1) is 0 Å². The zero-order valence-corrected chi connectivity index (χ0v) is 11.6. The Hall–Kier alpha value is -2.56. The first-order valence-electron chi connectivity index (χ1n) is 6.96. The number of benzene rings is 1. The van der Waals surface area contributed by atoms with Crippen LogP contribution in [-0.2, 0) is 19.4 Å². The number of amides is 1. The Labute approximate surface area is 122 Å². The molecule has 0 spiro atoms. The van der Waals surface area contributed by atoms with Gasteiger partial charge in [-0.05, 0) is 42.5 Å². The molecule has 1 aliphatic carbocycles. The molecule has 0 unspecified atom stereocenters. The molecular weight excluding hydrogens is 266 g/mol. The number of aryl methyl sites for hydroxylation is 1. The lowest BCUT2D eigenvalue weighted by Gasteiger charge is -2.14. The molecule has 0 atom stereocenters. The van der Waals surface area contributed by atoms with Crippen LogP contribution < -0.4 is 17.0 Å². The van der Waals surface area contributed by atoms with Crippen LogP contribution in [0.4, 0.5) is 5.69 Å². The molecule has 0 fully saturated rings. The summed E-state index contributed by atoms with van der Waals surface area (Å²) in [5, 5.41) is 0. The molecule has 21 heavy (non-hydrogen) atoms. The van der Waals surface area contributed by atoms with Gasteiger partial charge >= 0.3 is 0 Å². The molecule has 0 radical (unpaired) electrons. The van der Waals surface area contributed by atoms with Gasteiger partial charge in [-0.1, -0.05) is 12.1 Å². The van der Waals surface area contributed by atoms with E-state index in [0.717, 1.165) is 30.5 Å². The summed E-state index contributed by atoms with van der Waals surface area (Å²) in [6.45, 7) is 0.423. The van der Waals surface area contributed by atoms with Crippen LogP contribution in [0, 0.1) is 0 Å². The van der Waals surface area contributed by atoms with E-state index in [4.69, 9.17) is 11.5 Å². The highest BCUT2D eigenvalue weighted by Gasteiger charge is 2.16. The van der Waals surface area contributed by atoms with E-state index in [9.17, 15) is 9.59 Å². The van der Waals surface area contributed by atoms with Crippen molar-refractivity contribution in [3.8, 4) is 0 Å². The van der Waals surface area contributed by atoms with Crippen LogP contribution in [0.2, 0.25) is 0 Å². The Bertz CT molecular complexity index is 778. The highest BCUT2D eigenvalue weighted by Crippen LogP contribution is 2.22. The summed E-state index contributed by atoms with van der Waals surface area (Å²) in [6.07, 6.45) is 3.02. The summed E-state index contributed by atoms with van der Waals surface area (Å²) >= 11 is 0. The first-order chi connectivity index (χ1) is 10.1. The fourth-order valence-corrected chi connectivity index (χ4v) is 2.87. The Kier molecular flexibility index (Phi) is 3.25. The summed E-state index contributed by atoms with van der Waals surface area (Å²) in [4.78, 5) is 23.3. The molecule has 0 saturated heterocycles. The van der Waals surface area contributed by atoms with Crippen LogP contribution in [0.3, 0.4) is 0 Å². The Balaban J connectivity index is 2.00. The fourth-order valence-electron chi connectivity index (χ4n) is 2.87. The second-order valence-electron chi connectivity index (χ2n) is 5.36. The number of hydrogen-bond acceptors (Lipinski definition) is 3. The third-order valence-corrected chi connectivity index (χ3v) is 4.01. The second-order valence-corrected chi connectivity index (χ2v) is 5.36. The molecule has 2 aromatic rings. The van der Waals surface area contributed by atoms with Gasteiger partial charge in [-0.25, -0.2) is 0 Å². The lowest BCUT2D eigenvalue weighted by molar-refractivity contribution is 0.100. The van der Waals surface area contributed by atoms with E-state index >= 15 is 0 Å². The highest BCUT2D eigenvalue weighted by atomic mass is 16.1. The number of primary amides is 1. The summed E-state index contributed by atoms with van der Waals surface area (Å²) < 4.78 is 1.78. The van der Waals surface area contributed by atoms with Crippen LogP contribution >= 0.6 is 0 Å². The molecule has 5 nitrogen and oxygen atoms in total. The van der Waals surface area contributed by atoms with Crippen LogP contribution in [0.15, 0.2) is 35.1 Å². The number of hydrogen-bond donors (Lipinski definition) is 2. The minimum Gasteiger partial charge on any atom is -0.398 e. The lowest BCUT2D eigenvalue weighted by Crippen LogP contribution is -2.23. The van der Waals surface area contributed by atoms with E-state index in [0.29, 0.717) is 17.8 Å². The van der Waals surface area contributed by atoms with Gasteiger partial charge in [0, 0.05) is 23.0 Å². The minimum absolute atomic E-state index is 0.0194. The highest BCUT2D eigenvalue weighted by molar-refractivity contribution is 5.93. The van der Waals surface area contributed by atoms with Crippen LogP contribution in [0.1, 0.15) is 33.6 Å². The number of nitrogens with zero attached hydrogens (tertiary/aromatic N) is 1. The summed E-state index contributed by atoms with van der Waals surface area (Å²) in [5.74, 6) is -0.508. The molecule has 4 N–H and O–H groups in total. The third kappa shape index (κ3) is 2.42. The third-order valence-electron chi connectivity index (χ3n) is 4.01. The van der Waals surface area contributed by atoms with Crippen molar-refractivity contribution in [3.63, 3.8) is 0 Å². The van der Waals surface area contributed by atoms with Gasteiger partial charge in [-0.3, -0.25) is 9.59 Å². The molecule has 1 heterocycles. The van der Waals surface area contributed by atoms with Crippen LogP contribution in [0.5, 0.6) is 0 Å². The van der Waals surface area contributed by atoms with Crippen molar-refractivity contribution < 1.29 is 4.79 Å². The molecule has 1 amide bonds. The van der Waals surface area contributed by atoms with Crippen molar-refractivity contribution in [2.24, 2.45) is 5.73 Å². The Morgan fingerprint density at radius 1 is 1.19 bits per heavy atom. The second kappa shape index (κ2) is 5.09. The molecule has 108 valence electrons. The number of rotatable bonds is 3. The summed E-state index contributed by atoms with van der Waals surface area (Å²) in [7, 11) is 0. The van der Waals surface area contributed by atoms with Gasteiger partial charge in [0.2, 0.25) is 5.91 Å². The SMILES string of the molecule is NC(=O)c1ccc(Cn2c3c(ccc2=O)CCC3)c(N)c1. The van der Waals surface area contributed by atoms with Crippen molar-refractivity contribution in [3.05, 3.63) is 63.1 Å². The largest absolute Gasteiger partial charge is 0.398 e. The maximum Gasteiger partial charge on any atom is 0.251 e. The number of carbonyl (C=O) groups excluding carboxylic acids is 1. The molecule has 0 saturated carbocycles. The number of nitrogen functional groups attached to an aromatic ring is 1. The predicted octanol–water partition coefficient (Wildman–Crippen LogP) is 1.07. The first kappa shape index (κ1) is 13.4. The van der Waals surface area contributed by atoms with Crippen LogP contribution in [-0.4, -0.2) is 10.5 Å². The minimum atomic E-state index is -0.508. The van der Waals surface area contributed by atoms with E-state index in [-0.39, 0.29) is 5.56 Å². The zero-order chi connectivity index (χ0) is 15.0. The fraction of sp³-hybridized carbons (Fsp3) is 0.250. The summed E-state index contributed by atoms with van der Waals surface area (Å²) in [6, 6.07) is 8.49. The van der Waals surface area contributed by atoms with E-state index in [2.05, 4.69) is 0 Å². The number of pyridine rings is 1. The Morgan fingerprint density at radius 3 is 2.71 bits per heavy atom. The van der Waals surface area contributed by atoms with E-state index in [1.54, 1.807) is 28.8 Å². The molecule has 0 aliphatic heterocycles. The molecule has 1 aromatic carbocycles. The van der Waals surface area contributed by atoms with Gasteiger partial charge < -0.3 is 16.0 Å². The molecule has 5 heteroatoms. The van der Waals surface area contributed by atoms with Gasteiger partial charge in [0.15, 0.2) is 0 Å². The molecule has 1 aliphatic rings. The number of anilines is 1. The van der Waals surface area contributed by atoms with Gasteiger partial charge in [0.25, 0.3) is 5.56 Å². The number of aromatic nitrogens is 1. The van der Waals surface area contributed by atoms with E-state index in [1.165, 1.54) is 5.56 Å². The van der Waals surface area contributed by atoms with Crippen molar-refractivity contribution in [2.75, 3.05) is 5.73 Å². The van der Waals surface area contributed by atoms with Crippen LogP contribution in [0.25, 0.3) is 0 Å². The molecular formula is C16H17N3O2. The average molecular weight is 283 g/mol.